The van der Waals surface area contributed by atoms with Crippen molar-refractivity contribution in [3.8, 4) is 0 Å². The summed E-state index contributed by atoms with van der Waals surface area (Å²) < 4.78 is 37.7. The smallest absolute Gasteiger partial charge is 0.363 e. The molecule has 2 heterocycles. The van der Waals surface area contributed by atoms with E-state index in [1.54, 1.807) is 4.98 Å². The van der Waals surface area contributed by atoms with Gasteiger partial charge in [0.25, 0.3) is 5.91 Å². The molecule has 21 heavy (non-hydrogen) atoms. The van der Waals surface area contributed by atoms with Gasteiger partial charge in [-0.25, -0.2) is 9.97 Å². The molecule has 3 rings (SSSR count). The number of nitrogens with two attached hydrogens (primary N) is 1. The van der Waals surface area contributed by atoms with Crippen molar-refractivity contribution in [1.82, 2.24) is 19.9 Å². The van der Waals surface area contributed by atoms with Gasteiger partial charge in [-0.05, 0) is 0 Å². The molecule has 0 atom stereocenters. The molecule has 0 saturated carbocycles. The second-order valence-electron chi connectivity index (χ2n) is 4.14. The van der Waals surface area contributed by atoms with Crippen LogP contribution in [0.5, 0.6) is 0 Å². The fraction of sp³-hybridized carbons (Fsp3) is 0.100. The van der Waals surface area contributed by atoms with Crippen molar-refractivity contribution in [3.63, 3.8) is 0 Å². The summed E-state index contributed by atoms with van der Waals surface area (Å²) in [5.41, 5.74) is 2.76. The van der Waals surface area contributed by atoms with E-state index in [1.165, 1.54) is 0 Å². The fourth-order valence-corrected chi connectivity index (χ4v) is 1.89. The molecule has 0 fully saturated rings. The Morgan fingerprint density at radius 1 is 1.00 bits per heavy atom. The van der Waals surface area contributed by atoms with E-state index in [2.05, 4.69) is 15.0 Å². The summed E-state index contributed by atoms with van der Waals surface area (Å²) in [5, 5.41) is 0. The molecule has 8 nitrogen and oxygen atoms in total. The molecule has 0 spiro atoms. The minimum Gasteiger partial charge on any atom is -0.363 e. The Kier molecular flexibility index (Phi) is 2.34. The topological polar surface area (TPSA) is 135 Å². The van der Waals surface area contributed by atoms with Crippen molar-refractivity contribution >= 4 is 17.5 Å². The zero-order valence-corrected chi connectivity index (χ0v) is 9.83. The molecule has 108 valence electrons. The van der Waals surface area contributed by atoms with Gasteiger partial charge in [0.05, 0.1) is 0 Å². The third kappa shape index (κ3) is 1.74. The number of primary amides is 1. The van der Waals surface area contributed by atoms with Crippen LogP contribution in [0.15, 0.2) is 0 Å². The Bertz CT molecular complexity index is 766. The maximum atomic E-state index is 12.6. The second-order valence-corrected chi connectivity index (χ2v) is 4.14. The lowest BCUT2D eigenvalue weighted by atomic mass is 10.00. The number of rotatable bonds is 1. The fourth-order valence-electron chi connectivity index (χ4n) is 1.89. The normalized spacial score (nSPS) is 14.0. The molecule has 1 amide bonds. The predicted molar refractivity (Wildman–Crippen MR) is 57.6 cm³/mol. The minimum absolute atomic E-state index is 0.415. The summed E-state index contributed by atoms with van der Waals surface area (Å²) in [6.45, 7) is 0. The molecule has 2 aromatic rings. The average Bonchev–Trinajstić information content (AvgIpc) is 3.00. The number of hydrogen-bond acceptors (Lipinski definition) is 5. The summed E-state index contributed by atoms with van der Waals surface area (Å²) >= 11 is 0. The van der Waals surface area contributed by atoms with Crippen LogP contribution in [-0.2, 0) is 6.18 Å². The van der Waals surface area contributed by atoms with Crippen LogP contribution >= 0.6 is 0 Å². The molecule has 0 unspecified atom stereocenters. The van der Waals surface area contributed by atoms with Gasteiger partial charge in [-0.3, -0.25) is 14.4 Å². The van der Waals surface area contributed by atoms with Gasteiger partial charge in [0.1, 0.15) is 22.8 Å². The first-order chi connectivity index (χ1) is 9.70. The van der Waals surface area contributed by atoms with E-state index in [4.69, 9.17) is 5.73 Å². The highest BCUT2D eigenvalue weighted by Crippen LogP contribution is 2.31. The number of amides is 1. The number of H-pyrrole nitrogens is 2. The summed E-state index contributed by atoms with van der Waals surface area (Å²) in [6.07, 6.45) is -4.84. The number of carbonyl (C=O) groups excluding carboxylic acids is 3. The third-order valence-electron chi connectivity index (χ3n) is 2.79. The first-order valence-electron chi connectivity index (χ1n) is 5.36. The van der Waals surface area contributed by atoms with Crippen LogP contribution in [0.4, 0.5) is 13.2 Å². The largest absolute Gasteiger partial charge is 0.449 e. The van der Waals surface area contributed by atoms with Crippen molar-refractivity contribution < 1.29 is 27.6 Å². The molecule has 11 heteroatoms. The SMILES string of the molecule is NC(=O)c1nc2c([nH]1)C(=O)c1nc(C(F)(F)F)[nH]c1C2=O. The molecule has 0 radical (unpaired) electrons. The Balaban J connectivity index is 2.18. The lowest BCUT2D eigenvalue weighted by molar-refractivity contribution is -0.144. The van der Waals surface area contributed by atoms with Gasteiger partial charge in [-0.1, -0.05) is 0 Å². The lowest BCUT2D eigenvalue weighted by Gasteiger charge is -2.06. The van der Waals surface area contributed by atoms with Crippen LogP contribution in [-0.4, -0.2) is 37.4 Å². The number of aromatic amines is 2. The monoisotopic (exact) mass is 299 g/mol. The van der Waals surface area contributed by atoms with Gasteiger partial charge in [-0.15, -0.1) is 0 Å². The number of alkyl halides is 3. The number of halogens is 3. The van der Waals surface area contributed by atoms with E-state index in [9.17, 15) is 27.6 Å². The first-order valence-corrected chi connectivity index (χ1v) is 5.36. The Morgan fingerprint density at radius 3 is 2.05 bits per heavy atom. The molecule has 2 aromatic heterocycles. The van der Waals surface area contributed by atoms with Crippen molar-refractivity contribution in [2.45, 2.75) is 6.18 Å². The van der Waals surface area contributed by atoms with Crippen LogP contribution < -0.4 is 5.73 Å². The summed E-state index contributed by atoms with van der Waals surface area (Å²) in [5.74, 6) is -4.88. The Morgan fingerprint density at radius 2 is 1.52 bits per heavy atom. The number of hydrogen-bond donors (Lipinski definition) is 3. The molecular weight excluding hydrogens is 295 g/mol. The zero-order chi connectivity index (χ0) is 15.5. The highest BCUT2D eigenvalue weighted by molar-refractivity contribution is 6.26. The van der Waals surface area contributed by atoms with Gasteiger partial charge in [0.15, 0.2) is 5.82 Å². The summed E-state index contributed by atoms with van der Waals surface area (Å²) in [7, 11) is 0. The quantitative estimate of drug-likeness (QED) is 0.582. The third-order valence-corrected chi connectivity index (χ3v) is 2.79. The van der Waals surface area contributed by atoms with Crippen molar-refractivity contribution in [2.75, 3.05) is 0 Å². The Hall–Kier alpha value is -2.98. The van der Waals surface area contributed by atoms with E-state index in [0.29, 0.717) is 0 Å². The number of fused-ring (bicyclic) bond motifs is 2. The molecule has 0 aromatic carbocycles. The van der Waals surface area contributed by atoms with Crippen LogP contribution in [0, 0.1) is 0 Å². The number of carbonyl (C=O) groups is 3. The predicted octanol–water partition coefficient (Wildman–Crippen LogP) is 0.0259. The highest BCUT2D eigenvalue weighted by Gasteiger charge is 2.42. The summed E-state index contributed by atoms with van der Waals surface area (Å²) in [6, 6.07) is 0. The van der Waals surface area contributed by atoms with Gasteiger partial charge in [-0.2, -0.15) is 13.2 Å². The van der Waals surface area contributed by atoms with E-state index in [0.717, 1.165) is 0 Å². The van der Waals surface area contributed by atoms with Gasteiger partial charge < -0.3 is 15.7 Å². The average molecular weight is 299 g/mol. The van der Waals surface area contributed by atoms with E-state index < -0.39 is 58.1 Å². The Labute approximate surface area is 112 Å². The molecule has 0 bridgehead atoms. The van der Waals surface area contributed by atoms with Gasteiger partial charge in [0, 0.05) is 0 Å². The standard InChI is InChI=1S/C10H4F3N5O3/c11-10(12,13)9-17-3-4(18-9)6(20)2-1(5(3)19)15-8(16-2)7(14)21/h(H2,14,21)(H,15,16)(H,17,18). The summed E-state index contributed by atoms with van der Waals surface area (Å²) in [4.78, 5) is 45.6. The minimum atomic E-state index is -4.84. The number of nitrogens with one attached hydrogen (secondary N) is 2. The van der Waals surface area contributed by atoms with Crippen LogP contribution in [0.2, 0.25) is 0 Å². The number of ketones is 2. The molecule has 0 saturated heterocycles. The van der Waals surface area contributed by atoms with Crippen LogP contribution in [0.25, 0.3) is 0 Å². The van der Waals surface area contributed by atoms with Crippen molar-refractivity contribution in [2.24, 2.45) is 5.73 Å². The molecule has 4 N–H and O–H groups in total. The first kappa shape index (κ1) is 13.0. The number of imidazole rings is 2. The van der Waals surface area contributed by atoms with Crippen LogP contribution in [0.3, 0.4) is 0 Å². The van der Waals surface area contributed by atoms with E-state index in [1.807, 2.05) is 0 Å². The van der Waals surface area contributed by atoms with Gasteiger partial charge in [0.2, 0.25) is 17.4 Å². The second kappa shape index (κ2) is 3.77. The van der Waals surface area contributed by atoms with Crippen molar-refractivity contribution in [1.29, 1.82) is 0 Å². The van der Waals surface area contributed by atoms with Crippen molar-refractivity contribution in [3.05, 3.63) is 34.4 Å². The molecular formula is C10H4F3N5O3. The number of aromatic nitrogens is 4. The van der Waals surface area contributed by atoms with E-state index in [-0.39, 0.29) is 0 Å². The zero-order valence-electron chi connectivity index (χ0n) is 9.83. The number of nitrogens with zero attached hydrogens (tertiary/aromatic N) is 2. The maximum Gasteiger partial charge on any atom is 0.449 e. The van der Waals surface area contributed by atoms with E-state index >= 15 is 0 Å². The highest BCUT2D eigenvalue weighted by atomic mass is 19.4. The van der Waals surface area contributed by atoms with Gasteiger partial charge >= 0.3 is 6.18 Å². The lowest BCUT2D eigenvalue weighted by Crippen LogP contribution is -2.20. The molecule has 1 aliphatic rings. The van der Waals surface area contributed by atoms with Crippen LogP contribution in [0.1, 0.15) is 48.8 Å². The molecule has 1 aliphatic carbocycles. The maximum absolute atomic E-state index is 12.6. The molecule has 0 aliphatic heterocycles.